The van der Waals surface area contributed by atoms with Crippen LogP contribution in [-0.4, -0.2) is 40.2 Å². The van der Waals surface area contributed by atoms with Crippen LogP contribution in [0.25, 0.3) is 0 Å². The maximum Gasteiger partial charge on any atom is 0.356 e. The summed E-state index contributed by atoms with van der Waals surface area (Å²) in [6.45, 7) is 2.33. The summed E-state index contributed by atoms with van der Waals surface area (Å²) in [4.78, 5) is 10.8. The molecule has 1 aromatic heterocycles. The van der Waals surface area contributed by atoms with E-state index < -0.39 is 5.97 Å². The average molecular weight is 252 g/mol. The molecule has 2 aliphatic heterocycles. The summed E-state index contributed by atoms with van der Waals surface area (Å²) in [5.74, 6) is 0.207. The van der Waals surface area contributed by atoms with Gasteiger partial charge in [-0.05, 0) is 25.2 Å². The molecule has 0 aromatic carbocycles. The molecule has 3 heterocycles. The van der Waals surface area contributed by atoms with Crippen LogP contribution in [0.4, 0.5) is 0 Å². The largest absolute Gasteiger partial charge is 0.476 e. The Bertz CT molecular complexity index is 427. The summed E-state index contributed by atoms with van der Waals surface area (Å²) < 4.78 is 12.7. The van der Waals surface area contributed by atoms with Crippen molar-refractivity contribution in [3.63, 3.8) is 0 Å². The van der Waals surface area contributed by atoms with Crippen LogP contribution in [0.5, 0.6) is 5.88 Å². The van der Waals surface area contributed by atoms with Gasteiger partial charge in [-0.1, -0.05) is 0 Å². The second-order valence-corrected chi connectivity index (χ2v) is 4.89. The van der Waals surface area contributed by atoms with E-state index in [0.717, 1.165) is 32.5 Å². The Hall–Kier alpha value is -1.56. The Kier molecular flexibility index (Phi) is 2.95. The molecule has 2 aliphatic rings. The molecule has 1 unspecified atom stereocenters. The Morgan fingerprint density at radius 2 is 2.28 bits per heavy atom. The van der Waals surface area contributed by atoms with Crippen LogP contribution >= 0.6 is 0 Å². The Labute approximate surface area is 104 Å². The summed E-state index contributed by atoms with van der Waals surface area (Å²) in [7, 11) is 0. The van der Waals surface area contributed by atoms with E-state index in [2.05, 4.69) is 5.10 Å². The zero-order chi connectivity index (χ0) is 12.5. The molecule has 1 atom stereocenters. The molecular formula is C12H16N2O4. The third-order valence-corrected chi connectivity index (χ3v) is 3.56. The highest BCUT2D eigenvalue weighted by atomic mass is 16.5. The van der Waals surface area contributed by atoms with Crippen LogP contribution in [-0.2, 0) is 11.3 Å². The van der Waals surface area contributed by atoms with Gasteiger partial charge in [0.05, 0.1) is 6.54 Å². The van der Waals surface area contributed by atoms with E-state index in [0.29, 0.717) is 18.3 Å². The van der Waals surface area contributed by atoms with E-state index in [1.165, 1.54) is 6.07 Å². The van der Waals surface area contributed by atoms with Gasteiger partial charge in [-0.3, -0.25) is 0 Å². The summed E-state index contributed by atoms with van der Waals surface area (Å²) in [5.41, 5.74) is 0.0505. The summed E-state index contributed by atoms with van der Waals surface area (Å²) in [6, 6.07) is 1.49. The predicted molar refractivity (Wildman–Crippen MR) is 61.8 cm³/mol. The lowest BCUT2D eigenvalue weighted by Crippen LogP contribution is -2.24. The van der Waals surface area contributed by atoms with Crippen molar-refractivity contribution in [3.8, 4) is 5.88 Å². The highest BCUT2D eigenvalue weighted by molar-refractivity contribution is 5.85. The van der Waals surface area contributed by atoms with E-state index in [9.17, 15) is 4.79 Å². The van der Waals surface area contributed by atoms with Gasteiger partial charge in [0.25, 0.3) is 0 Å². The molecule has 1 saturated heterocycles. The average Bonchev–Trinajstić information content (AvgIpc) is 2.88. The minimum atomic E-state index is -1.01. The van der Waals surface area contributed by atoms with E-state index in [4.69, 9.17) is 14.6 Å². The predicted octanol–water partition coefficient (Wildman–Crippen LogP) is 1.16. The van der Waals surface area contributed by atoms with Gasteiger partial charge in [0, 0.05) is 19.3 Å². The molecule has 0 radical (unpaired) electrons. The van der Waals surface area contributed by atoms with Crippen molar-refractivity contribution in [1.29, 1.82) is 0 Å². The van der Waals surface area contributed by atoms with Crippen molar-refractivity contribution in [2.45, 2.75) is 31.9 Å². The number of carboxylic acids is 1. The SMILES string of the molecule is O=C(O)c1cc2n(n1)CC(CC1CCOCC1)O2. The van der Waals surface area contributed by atoms with Crippen LogP contribution in [0, 0.1) is 5.92 Å². The van der Waals surface area contributed by atoms with Gasteiger partial charge < -0.3 is 14.6 Å². The van der Waals surface area contributed by atoms with Gasteiger partial charge in [-0.2, -0.15) is 5.10 Å². The standard InChI is InChI=1S/C12H16N2O4/c15-12(16)10-6-11-14(13-10)7-9(18-11)5-8-1-3-17-4-2-8/h6,8-9H,1-5,7H2,(H,15,16). The third-order valence-electron chi connectivity index (χ3n) is 3.56. The summed E-state index contributed by atoms with van der Waals surface area (Å²) in [5, 5.41) is 12.8. The molecule has 1 fully saturated rings. The van der Waals surface area contributed by atoms with Crippen LogP contribution < -0.4 is 4.74 Å². The molecule has 0 aliphatic carbocycles. The molecule has 1 aromatic rings. The van der Waals surface area contributed by atoms with E-state index in [-0.39, 0.29) is 11.8 Å². The van der Waals surface area contributed by atoms with Crippen LogP contribution in [0.1, 0.15) is 29.8 Å². The number of nitrogens with zero attached hydrogens (tertiary/aromatic N) is 2. The quantitative estimate of drug-likeness (QED) is 0.873. The molecule has 0 saturated carbocycles. The maximum atomic E-state index is 10.8. The molecular weight excluding hydrogens is 236 g/mol. The topological polar surface area (TPSA) is 73.6 Å². The van der Waals surface area contributed by atoms with Crippen molar-refractivity contribution in [1.82, 2.24) is 9.78 Å². The molecule has 6 heteroatoms. The Morgan fingerprint density at radius 1 is 1.50 bits per heavy atom. The van der Waals surface area contributed by atoms with Gasteiger partial charge in [-0.15, -0.1) is 0 Å². The van der Waals surface area contributed by atoms with Gasteiger partial charge >= 0.3 is 5.97 Å². The third kappa shape index (κ3) is 2.20. The lowest BCUT2D eigenvalue weighted by molar-refractivity contribution is 0.0506. The van der Waals surface area contributed by atoms with Gasteiger partial charge in [0.1, 0.15) is 6.10 Å². The number of hydrogen-bond acceptors (Lipinski definition) is 4. The lowest BCUT2D eigenvalue weighted by atomic mass is 9.94. The first-order chi connectivity index (χ1) is 8.72. The fourth-order valence-electron chi connectivity index (χ4n) is 2.61. The van der Waals surface area contributed by atoms with E-state index >= 15 is 0 Å². The van der Waals surface area contributed by atoms with Crippen LogP contribution in [0.2, 0.25) is 0 Å². The number of hydrogen-bond donors (Lipinski definition) is 1. The monoisotopic (exact) mass is 252 g/mol. The van der Waals surface area contributed by atoms with Gasteiger partial charge in [0.2, 0.25) is 5.88 Å². The van der Waals surface area contributed by atoms with E-state index in [1.807, 2.05) is 0 Å². The number of aromatic carboxylic acids is 1. The van der Waals surface area contributed by atoms with Crippen LogP contribution in [0.15, 0.2) is 6.07 Å². The van der Waals surface area contributed by atoms with Crippen molar-refractivity contribution < 1.29 is 19.4 Å². The molecule has 0 spiro atoms. The highest BCUT2D eigenvalue weighted by Crippen LogP contribution is 2.28. The molecule has 18 heavy (non-hydrogen) atoms. The second kappa shape index (κ2) is 4.61. The summed E-state index contributed by atoms with van der Waals surface area (Å²) >= 11 is 0. The van der Waals surface area contributed by atoms with Crippen molar-refractivity contribution in [2.24, 2.45) is 5.92 Å². The number of ether oxygens (including phenoxy) is 2. The zero-order valence-corrected chi connectivity index (χ0v) is 10.0. The summed E-state index contributed by atoms with van der Waals surface area (Å²) in [6.07, 6.45) is 3.29. The zero-order valence-electron chi connectivity index (χ0n) is 10.0. The normalized spacial score (nSPS) is 23.7. The molecule has 0 bridgehead atoms. The maximum absolute atomic E-state index is 10.8. The fraction of sp³-hybridized carbons (Fsp3) is 0.667. The lowest BCUT2D eigenvalue weighted by Gasteiger charge is -2.23. The van der Waals surface area contributed by atoms with Crippen molar-refractivity contribution in [2.75, 3.05) is 13.2 Å². The smallest absolute Gasteiger partial charge is 0.356 e. The van der Waals surface area contributed by atoms with Crippen molar-refractivity contribution >= 4 is 5.97 Å². The highest BCUT2D eigenvalue weighted by Gasteiger charge is 2.29. The Morgan fingerprint density at radius 3 is 2.94 bits per heavy atom. The van der Waals surface area contributed by atoms with Crippen molar-refractivity contribution in [3.05, 3.63) is 11.8 Å². The molecule has 6 nitrogen and oxygen atoms in total. The number of carboxylic acid groups (broad SMARTS) is 1. The minimum Gasteiger partial charge on any atom is -0.476 e. The molecule has 1 N–H and O–H groups in total. The number of fused-ring (bicyclic) bond motifs is 1. The number of aromatic nitrogens is 2. The van der Waals surface area contributed by atoms with Gasteiger partial charge in [0.15, 0.2) is 5.69 Å². The number of carbonyl (C=O) groups is 1. The number of rotatable bonds is 3. The first kappa shape index (κ1) is 11.5. The minimum absolute atomic E-state index is 0.0505. The van der Waals surface area contributed by atoms with Crippen LogP contribution in [0.3, 0.4) is 0 Å². The second-order valence-electron chi connectivity index (χ2n) is 4.89. The Balaban J connectivity index is 1.59. The first-order valence-corrected chi connectivity index (χ1v) is 6.28. The molecule has 3 rings (SSSR count). The first-order valence-electron chi connectivity index (χ1n) is 6.28. The molecule has 98 valence electrons. The van der Waals surface area contributed by atoms with E-state index in [1.54, 1.807) is 4.68 Å². The fourth-order valence-corrected chi connectivity index (χ4v) is 2.61. The van der Waals surface area contributed by atoms with Gasteiger partial charge in [-0.25, -0.2) is 9.48 Å². The molecule has 0 amide bonds.